The van der Waals surface area contributed by atoms with Gasteiger partial charge in [0.1, 0.15) is 6.29 Å². The monoisotopic (exact) mass is 306 g/mol. The van der Waals surface area contributed by atoms with Gasteiger partial charge in [-0.15, -0.1) is 0 Å². The van der Waals surface area contributed by atoms with Crippen LogP contribution in [0, 0.1) is 11.3 Å². The van der Waals surface area contributed by atoms with Crippen molar-refractivity contribution in [2.24, 2.45) is 11.3 Å². The molecule has 0 aromatic heterocycles. The van der Waals surface area contributed by atoms with Gasteiger partial charge in [-0.1, -0.05) is 48.1 Å². The van der Waals surface area contributed by atoms with Gasteiger partial charge in [0, 0.05) is 8.84 Å². The van der Waals surface area contributed by atoms with Crippen LogP contribution in [0.3, 0.4) is 0 Å². The number of halogens is 1. The van der Waals surface area contributed by atoms with Gasteiger partial charge in [0.2, 0.25) is 0 Å². The lowest BCUT2D eigenvalue weighted by Gasteiger charge is -2.46. The molecule has 1 aliphatic carbocycles. The number of alkyl halides is 1. The summed E-state index contributed by atoms with van der Waals surface area (Å²) in [6, 6.07) is 0. The summed E-state index contributed by atoms with van der Waals surface area (Å²) < 4.78 is -0.0248. The molecule has 0 radical (unpaired) electrons. The number of allylic oxidation sites excluding steroid dienone is 2. The number of aldehydes is 1. The second-order valence-electron chi connectivity index (χ2n) is 4.88. The van der Waals surface area contributed by atoms with Crippen molar-refractivity contribution < 1.29 is 4.79 Å². The highest BCUT2D eigenvalue weighted by Crippen LogP contribution is 2.51. The van der Waals surface area contributed by atoms with Gasteiger partial charge in [-0.3, -0.25) is 0 Å². The maximum absolute atomic E-state index is 11.4. The highest BCUT2D eigenvalue weighted by molar-refractivity contribution is 14.1. The second kappa shape index (κ2) is 3.95. The van der Waals surface area contributed by atoms with E-state index in [9.17, 15) is 4.79 Å². The van der Waals surface area contributed by atoms with Crippen LogP contribution in [0.25, 0.3) is 0 Å². The lowest BCUT2D eigenvalue weighted by molar-refractivity contribution is -0.120. The zero-order chi connectivity index (χ0) is 11.0. The van der Waals surface area contributed by atoms with Crippen molar-refractivity contribution >= 4 is 28.9 Å². The molecule has 2 unspecified atom stereocenters. The zero-order valence-electron chi connectivity index (χ0n) is 9.43. The average Bonchev–Trinajstić information content (AvgIpc) is 2.02. The van der Waals surface area contributed by atoms with Gasteiger partial charge in [-0.25, -0.2) is 0 Å². The van der Waals surface area contributed by atoms with E-state index in [1.807, 2.05) is 0 Å². The summed E-state index contributed by atoms with van der Waals surface area (Å²) in [5.74, 6) is 0.409. The third-order valence-corrected chi connectivity index (χ3v) is 4.92. The molecule has 1 rings (SSSR count). The molecule has 0 aliphatic heterocycles. The summed E-state index contributed by atoms with van der Waals surface area (Å²) in [5, 5.41) is 0. The molecule has 0 fully saturated rings. The van der Waals surface area contributed by atoms with Gasteiger partial charge in [0.25, 0.3) is 0 Å². The molecule has 0 aromatic carbocycles. The highest BCUT2D eigenvalue weighted by Gasteiger charge is 2.49. The van der Waals surface area contributed by atoms with Crippen molar-refractivity contribution in [3.63, 3.8) is 0 Å². The predicted molar refractivity (Wildman–Crippen MR) is 68.8 cm³/mol. The van der Waals surface area contributed by atoms with Crippen molar-refractivity contribution in [1.29, 1.82) is 0 Å². The van der Waals surface area contributed by atoms with Crippen LogP contribution in [0.4, 0.5) is 0 Å². The topological polar surface area (TPSA) is 17.1 Å². The summed E-state index contributed by atoms with van der Waals surface area (Å²) in [7, 11) is 0. The summed E-state index contributed by atoms with van der Waals surface area (Å²) in [4.78, 5) is 11.4. The van der Waals surface area contributed by atoms with Crippen LogP contribution in [0.15, 0.2) is 11.6 Å². The predicted octanol–water partition coefficient (Wildman–Crippen LogP) is 3.76. The summed E-state index contributed by atoms with van der Waals surface area (Å²) in [6.07, 6.45) is 5.52. The number of carbonyl (C=O) groups is 1. The van der Waals surface area contributed by atoms with E-state index < -0.39 is 0 Å². The smallest absolute Gasteiger partial charge is 0.128 e. The highest BCUT2D eigenvalue weighted by atomic mass is 127. The Balaban J connectivity index is 3.17. The average molecular weight is 306 g/mol. The first-order valence-electron chi connectivity index (χ1n) is 5.19. The molecule has 0 saturated heterocycles. The van der Waals surface area contributed by atoms with Gasteiger partial charge in [0.05, 0.1) is 0 Å². The maximum atomic E-state index is 11.4. The van der Waals surface area contributed by atoms with Crippen molar-refractivity contribution in [2.75, 3.05) is 0 Å². The minimum Gasteiger partial charge on any atom is -0.303 e. The van der Waals surface area contributed by atoms with E-state index in [0.717, 1.165) is 12.8 Å². The van der Waals surface area contributed by atoms with Crippen LogP contribution >= 0.6 is 22.6 Å². The Hall–Kier alpha value is 0.140. The quantitative estimate of drug-likeness (QED) is 0.328. The Morgan fingerprint density at radius 3 is 2.50 bits per heavy atom. The molecule has 2 heteroatoms. The summed E-state index contributed by atoms with van der Waals surface area (Å²) >= 11 is 2.43. The minimum absolute atomic E-state index is 0.0248. The number of hydrogen-bond donors (Lipinski definition) is 0. The molecule has 0 heterocycles. The number of rotatable bonds is 2. The number of carbonyl (C=O) groups excluding carboxylic acids is 1. The fraction of sp³-hybridized carbons (Fsp3) is 0.750. The van der Waals surface area contributed by atoms with Crippen molar-refractivity contribution in [2.45, 2.75) is 44.0 Å². The Labute approximate surface area is 100 Å². The molecule has 2 atom stereocenters. The Bertz CT molecular complexity index is 265. The standard InChI is InChI=1S/C12H19IO/c1-9(2)12(8-14)6-5-10(3)7-11(12,4)13/h7-9H,5-6H2,1-4H3. The Morgan fingerprint density at radius 1 is 1.57 bits per heavy atom. The van der Waals surface area contributed by atoms with Gasteiger partial charge >= 0.3 is 0 Å². The molecular weight excluding hydrogens is 287 g/mol. The Kier molecular flexibility index (Phi) is 3.45. The zero-order valence-corrected chi connectivity index (χ0v) is 11.6. The molecule has 0 bridgehead atoms. The van der Waals surface area contributed by atoms with Crippen LogP contribution in [0.5, 0.6) is 0 Å². The van der Waals surface area contributed by atoms with Crippen LogP contribution in [-0.2, 0) is 4.79 Å². The lowest BCUT2D eigenvalue weighted by atomic mass is 9.63. The van der Waals surface area contributed by atoms with Crippen LogP contribution in [0.2, 0.25) is 0 Å². The first-order chi connectivity index (χ1) is 6.35. The molecule has 1 aliphatic rings. The van der Waals surface area contributed by atoms with Crippen LogP contribution in [-0.4, -0.2) is 9.71 Å². The van der Waals surface area contributed by atoms with E-state index >= 15 is 0 Å². The third kappa shape index (κ3) is 1.77. The fourth-order valence-electron chi connectivity index (χ4n) is 2.48. The van der Waals surface area contributed by atoms with E-state index in [1.165, 1.54) is 11.9 Å². The molecular formula is C12H19IO. The van der Waals surface area contributed by atoms with Crippen LogP contribution < -0.4 is 0 Å². The lowest BCUT2D eigenvalue weighted by Crippen LogP contribution is -2.47. The van der Waals surface area contributed by atoms with E-state index in [4.69, 9.17) is 0 Å². The summed E-state index contributed by atoms with van der Waals surface area (Å²) in [5.41, 5.74) is 1.24. The van der Waals surface area contributed by atoms with Crippen molar-refractivity contribution in [3.8, 4) is 0 Å². The normalized spacial score (nSPS) is 38.3. The van der Waals surface area contributed by atoms with E-state index in [-0.39, 0.29) is 8.84 Å². The second-order valence-corrected chi connectivity index (χ2v) is 7.12. The molecule has 0 saturated carbocycles. The first-order valence-corrected chi connectivity index (χ1v) is 6.27. The molecule has 14 heavy (non-hydrogen) atoms. The minimum atomic E-state index is -0.174. The van der Waals surface area contributed by atoms with Gasteiger partial charge in [-0.2, -0.15) is 0 Å². The molecule has 0 amide bonds. The van der Waals surface area contributed by atoms with Gasteiger partial charge < -0.3 is 4.79 Å². The summed E-state index contributed by atoms with van der Waals surface area (Å²) in [6.45, 7) is 8.64. The molecule has 80 valence electrons. The third-order valence-electron chi connectivity index (χ3n) is 3.60. The van der Waals surface area contributed by atoms with Crippen molar-refractivity contribution in [3.05, 3.63) is 11.6 Å². The molecule has 1 nitrogen and oxygen atoms in total. The maximum Gasteiger partial charge on any atom is 0.128 e. The van der Waals surface area contributed by atoms with Crippen LogP contribution in [0.1, 0.15) is 40.5 Å². The van der Waals surface area contributed by atoms with E-state index in [1.54, 1.807) is 0 Å². The van der Waals surface area contributed by atoms with Crippen molar-refractivity contribution in [1.82, 2.24) is 0 Å². The molecule has 0 aromatic rings. The van der Waals surface area contributed by atoms with E-state index in [2.05, 4.69) is 56.4 Å². The molecule has 0 spiro atoms. The fourth-order valence-corrected chi connectivity index (χ4v) is 4.03. The number of hydrogen-bond acceptors (Lipinski definition) is 1. The van der Waals surface area contributed by atoms with E-state index in [0.29, 0.717) is 5.92 Å². The SMILES string of the molecule is CC1=CC(C)(I)C(C=O)(C(C)C)CC1. The Morgan fingerprint density at radius 2 is 2.14 bits per heavy atom. The van der Waals surface area contributed by atoms with Gasteiger partial charge in [0.15, 0.2) is 0 Å². The largest absolute Gasteiger partial charge is 0.303 e. The molecule has 0 N–H and O–H groups in total. The van der Waals surface area contributed by atoms with Gasteiger partial charge in [-0.05, 0) is 32.6 Å². The first kappa shape index (κ1) is 12.2.